The Bertz CT molecular complexity index is 403. The van der Waals surface area contributed by atoms with Crippen molar-refractivity contribution in [1.82, 2.24) is 0 Å². The van der Waals surface area contributed by atoms with Crippen LogP contribution in [0.3, 0.4) is 0 Å². The molecule has 1 aliphatic rings. The summed E-state index contributed by atoms with van der Waals surface area (Å²) in [5.41, 5.74) is 1.96. The molecule has 2 N–H and O–H groups in total. The van der Waals surface area contributed by atoms with Crippen LogP contribution >= 0.6 is 11.8 Å². The first-order valence-electron chi connectivity index (χ1n) is 6.52. The maximum Gasteiger partial charge on any atom is 0.224 e. The van der Waals surface area contributed by atoms with Gasteiger partial charge < -0.3 is 10.6 Å². The van der Waals surface area contributed by atoms with E-state index in [1.165, 1.54) is 24.3 Å². The summed E-state index contributed by atoms with van der Waals surface area (Å²) in [6.07, 6.45) is 3.03. The molecule has 1 aromatic rings. The van der Waals surface area contributed by atoms with E-state index in [0.717, 1.165) is 11.4 Å². The average Bonchev–Trinajstić information content (AvgIpc) is 2.40. The predicted molar refractivity (Wildman–Crippen MR) is 79.3 cm³/mol. The molecule has 1 saturated heterocycles. The Balaban J connectivity index is 1.95. The van der Waals surface area contributed by atoms with E-state index in [0.29, 0.717) is 12.5 Å². The number of benzene rings is 1. The van der Waals surface area contributed by atoms with Gasteiger partial charge in [-0.3, -0.25) is 4.79 Å². The fraction of sp³-hybridized carbons (Fsp3) is 0.500. The van der Waals surface area contributed by atoms with Crippen molar-refractivity contribution in [3.8, 4) is 0 Å². The van der Waals surface area contributed by atoms with Gasteiger partial charge in [-0.2, -0.15) is 11.8 Å². The molecule has 0 saturated carbocycles. The molecule has 0 spiro atoms. The van der Waals surface area contributed by atoms with E-state index >= 15 is 0 Å². The zero-order valence-corrected chi connectivity index (χ0v) is 11.6. The van der Waals surface area contributed by atoms with Gasteiger partial charge >= 0.3 is 0 Å². The predicted octanol–water partition coefficient (Wildman–Crippen LogP) is 3.34. The topological polar surface area (TPSA) is 41.1 Å². The van der Waals surface area contributed by atoms with E-state index in [4.69, 9.17) is 0 Å². The van der Waals surface area contributed by atoms with Crippen LogP contribution in [-0.4, -0.2) is 23.5 Å². The minimum Gasteiger partial charge on any atom is -0.381 e. The van der Waals surface area contributed by atoms with Crippen LogP contribution in [0.1, 0.15) is 26.2 Å². The highest BCUT2D eigenvalue weighted by atomic mass is 32.2. The third kappa shape index (κ3) is 3.95. The number of rotatable bonds is 4. The van der Waals surface area contributed by atoms with E-state index in [2.05, 4.69) is 16.7 Å². The van der Waals surface area contributed by atoms with Gasteiger partial charge in [0.15, 0.2) is 0 Å². The third-order valence-corrected chi connectivity index (χ3v) is 4.21. The second kappa shape index (κ2) is 6.69. The molecule has 18 heavy (non-hydrogen) atoms. The van der Waals surface area contributed by atoms with E-state index < -0.39 is 0 Å². The smallest absolute Gasteiger partial charge is 0.224 e. The second-order valence-corrected chi connectivity index (χ2v) is 5.69. The molecule has 1 aliphatic heterocycles. The molecule has 1 amide bonds. The van der Waals surface area contributed by atoms with Crippen molar-refractivity contribution in [2.45, 2.75) is 32.2 Å². The van der Waals surface area contributed by atoms with Gasteiger partial charge in [0, 0.05) is 29.6 Å². The summed E-state index contributed by atoms with van der Waals surface area (Å²) < 4.78 is 0. The number of hydrogen-bond donors (Lipinski definition) is 2. The fourth-order valence-electron chi connectivity index (χ4n) is 2.03. The first-order chi connectivity index (χ1) is 8.78. The van der Waals surface area contributed by atoms with Gasteiger partial charge in [0.1, 0.15) is 0 Å². The summed E-state index contributed by atoms with van der Waals surface area (Å²) >= 11 is 2.01. The molecular weight excluding hydrogens is 244 g/mol. The van der Waals surface area contributed by atoms with Crippen LogP contribution in [0.25, 0.3) is 0 Å². The normalized spacial score (nSPS) is 19.3. The molecule has 1 fully saturated rings. The van der Waals surface area contributed by atoms with E-state index in [1.54, 1.807) is 0 Å². The number of thioether (sulfide) groups is 1. The van der Waals surface area contributed by atoms with Gasteiger partial charge in [-0.25, -0.2) is 0 Å². The lowest BCUT2D eigenvalue weighted by atomic mass is 10.1. The van der Waals surface area contributed by atoms with Crippen molar-refractivity contribution < 1.29 is 4.79 Å². The number of nitrogens with one attached hydrogen (secondary N) is 2. The van der Waals surface area contributed by atoms with Crippen molar-refractivity contribution in [1.29, 1.82) is 0 Å². The minimum atomic E-state index is 0.0559. The Hall–Kier alpha value is -1.16. The monoisotopic (exact) mass is 264 g/mol. The molecule has 0 aromatic heterocycles. The van der Waals surface area contributed by atoms with Crippen molar-refractivity contribution in [3.63, 3.8) is 0 Å². The van der Waals surface area contributed by atoms with Crippen molar-refractivity contribution in [2.75, 3.05) is 22.1 Å². The third-order valence-electron chi connectivity index (χ3n) is 3.00. The highest BCUT2D eigenvalue weighted by molar-refractivity contribution is 7.99. The van der Waals surface area contributed by atoms with Gasteiger partial charge in [0.2, 0.25) is 5.91 Å². The van der Waals surface area contributed by atoms with Gasteiger partial charge in [-0.05, 0) is 36.8 Å². The highest BCUT2D eigenvalue weighted by Gasteiger charge is 2.13. The SMILES string of the molecule is CCC(=O)Nc1cccc(NC2CCCSC2)c1. The Morgan fingerprint density at radius 3 is 3.00 bits per heavy atom. The molecule has 4 heteroatoms. The largest absolute Gasteiger partial charge is 0.381 e. The highest BCUT2D eigenvalue weighted by Crippen LogP contribution is 2.22. The maximum absolute atomic E-state index is 11.3. The minimum absolute atomic E-state index is 0.0559. The summed E-state index contributed by atoms with van der Waals surface area (Å²) in [6.45, 7) is 1.86. The first kappa shape index (κ1) is 13.3. The average molecular weight is 264 g/mol. The standard InChI is InChI=1S/C14H20N2OS/c1-2-14(17)16-12-6-3-5-11(9-12)15-13-7-4-8-18-10-13/h3,5-6,9,13,15H,2,4,7-8,10H2,1H3,(H,16,17). The molecule has 3 nitrogen and oxygen atoms in total. The number of carbonyl (C=O) groups excluding carboxylic acids is 1. The van der Waals surface area contributed by atoms with Gasteiger partial charge in [-0.15, -0.1) is 0 Å². The Morgan fingerprint density at radius 1 is 1.44 bits per heavy atom. The summed E-state index contributed by atoms with van der Waals surface area (Å²) in [5.74, 6) is 2.51. The molecule has 0 aliphatic carbocycles. The van der Waals surface area contributed by atoms with E-state index in [-0.39, 0.29) is 5.91 Å². The van der Waals surface area contributed by atoms with Gasteiger partial charge in [-0.1, -0.05) is 13.0 Å². The molecular formula is C14H20N2OS. The second-order valence-electron chi connectivity index (χ2n) is 4.54. The molecule has 0 bridgehead atoms. The van der Waals surface area contributed by atoms with Crippen LogP contribution in [-0.2, 0) is 4.79 Å². The number of anilines is 2. The molecule has 1 heterocycles. The lowest BCUT2D eigenvalue weighted by molar-refractivity contribution is -0.115. The van der Waals surface area contributed by atoms with Crippen LogP contribution in [0.4, 0.5) is 11.4 Å². The molecule has 1 aromatic carbocycles. The molecule has 98 valence electrons. The number of carbonyl (C=O) groups is 1. The molecule has 2 rings (SSSR count). The van der Waals surface area contributed by atoms with Crippen LogP contribution in [0.2, 0.25) is 0 Å². The van der Waals surface area contributed by atoms with Crippen molar-refractivity contribution >= 4 is 29.0 Å². The maximum atomic E-state index is 11.3. The summed E-state index contributed by atoms with van der Waals surface area (Å²) in [5, 5.41) is 6.43. The fourth-order valence-corrected chi connectivity index (χ4v) is 3.10. The summed E-state index contributed by atoms with van der Waals surface area (Å²) in [7, 11) is 0. The number of amides is 1. The van der Waals surface area contributed by atoms with Crippen molar-refractivity contribution in [2.24, 2.45) is 0 Å². The summed E-state index contributed by atoms with van der Waals surface area (Å²) in [6, 6.07) is 8.52. The van der Waals surface area contributed by atoms with Crippen LogP contribution in [0.5, 0.6) is 0 Å². The quantitative estimate of drug-likeness (QED) is 0.876. The summed E-state index contributed by atoms with van der Waals surface area (Å²) in [4.78, 5) is 11.3. The number of hydrogen-bond acceptors (Lipinski definition) is 3. The molecule has 0 radical (unpaired) electrons. The lowest BCUT2D eigenvalue weighted by Crippen LogP contribution is -2.25. The Labute approximate surface area is 113 Å². The zero-order chi connectivity index (χ0) is 12.8. The molecule has 1 unspecified atom stereocenters. The zero-order valence-electron chi connectivity index (χ0n) is 10.7. The van der Waals surface area contributed by atoms with Crippen molar-refractivity contribution in [3.05, 3.63) is 24.3 Å². The van der Waals surface area contributed by atoms with Crippen LogP contribution in [0.15, 0.2) is 24.3 Å². The van der Waals surface area contributed by atoms with Crippen LogP contribution < -0.4 is 10.6 Å². The Kier molecular flexibility index (Phi) is 4.93. The lowest BCUT2D eigenvalue weighted by Gasteiger charge is -2.23. The molecule has 1 atom stereocenters. The van der Waals surface area contributed by atoms with E-state index in [1.807, 2.05) is 36.9 Å². The van der Waals surface area contributed by atoms with E-state index in [9.17, 15) is 4.79 Å². The van der Waals surface area contributed by atoms with Crippen LogP contribution in [0, 0.1) is 0 Å². The first-order valence-corrected chi connectivity index (χ1v) is 7.67. The Morgan fingerprint density at radius 2 is 2.28 bits per heavy atom. The van der Waals surface area contributed by atoms with Gasteiger partial charge in [0.25, 0.3) is 0 Å². The van der Waals surface area contributed by atoms with Gasteiger partial charge in [0.05, 0.1) is 0 Å².